The van der Waals surface area contributed by atoms with Crippen LogP contribution in [0.4, 0.5) is 0 Å². The van der Waals surface area contributed by atoms with E-state index >= 15 is 0 Å². The highest BCUT2D eigenvalue weighted by Crippen LogP contribution is 2.22. The first-order valence-electron chi connectivity index (χ1n) is 10.2. The first-order chi connectivity index (χ1) is 13.8. The number of likely N-dealkylation sites (tertiary alicyclic amines) is 1. The molecule has 1 aromatic carbocycles. The van der Waals surface area contributed by atoms with E-state index in [-0.39, 0.29) is 4.90 Å². The van der Waals surface area contributed by atoms with E-state index in [4.69, 9.17) is 4.74 Å². The van der Waals surface area contributed by atoms with E-state index in [0.717, 1.165) is 44.7 Å². The molecule has 1 fully saturated rings. The molecule has 2 aromatic rings. The lowest BCUT2D eigenvalue weighted by molar-refractivity contribution is 0.168. The Labute approximate surface area is 174 Å². The fourth-order valence-electron chi connectivity index (χ4n) is 4.02. The SMILES string of the molecule is CCn1nc(C)c(CN2CCC[C@H](CNS(=O)(=O)c3ccc(OC)cc3)C2)c1C. The first kappa shape index (κ1) is 21.8. The minimum absolute atomic E-state index is 0.268. The molecule has 29 heavy (non-hydrogen) atoms. The van der Waals surface area contributed by atoms with Gasteiger partial charge in [0.2, 0.25) is 10.0 Å². The number of aryl methyl sites for hydroxylation is 2. The zero-order valence-electron chi connectivity index (χ0n) is 17.8. The summed E-state index contributed by atoms with van der Waals surface area (Å²) in [6.07, 6.45) is 2.11. The molecule has 1 atom stereocenters. The number of hydrogen-bond acceptors (Lipinski definition) is 5. The molecular formula is C21H32N4O3S. The Kier molecular flexibility index (Phi) is 6.97. The van der Waals surface area contributed by atoms with E-state index in [2.05, 4.69) is 40.2 Å². The maximum absolute atomic E-state index is 12.6. The molecule has 1 N–H and O–H groups in total. The van der Waals surface area contributed by atoms with Crippen molar-refractivity contribution in [3.63, 3.8) is 0 Å². The maximum atomic E-state index is 12.6. The highest BCUT2D eigenvalue weighted by molar-refractivity contribution is 7.89. The molecule has 0 saturated carbocycles. The summed E-state index contributed by atoms with van der Waals surface area (Å²) in [5, 5.41) is 4.62. The van der Waals surface area contributed by atoms with Crippen molar-refractivity contribution in [3.8, 4) is 5.75 Å². The van der Waals surface area contributed by atoms with Crippen molar-refractivity contribution in [3.05, 3.63) is 41.2 Å². The van der Waals surface area contributed by atoms with Crippen molar-refractivity contribution in [2.75, 3.05) is 26.7 Å². The summed E-state index contributed by atoms with van der Waals surface area (Å²) >= 11 is 0. The van der Waals surface area contributed by atoms with Crippen LogP contribution in [-0.2, 0) is 23.1 Å². The Balaban J connectivity index is 1.59. The minimum Gasteiger partial charge on any atom is -0.497 e. The average molecular weight is 421 g/mol. The van der Waals surface area contributed by atoms with Gasteiger partial charge in [0, 0.05) is 37.4 Å². The number of sulfonamides is 1. The van der Waals surface area contributed by atoms with Gasteiger partial charge in [0.25, 0.3) is 0 Å². The Morgan fingerprint density at radius 3 is 2.59 bits per heavy atom. The molecule has 1 aromatic heterocycles. The number of nitrogens with zero attached hydrogens (tertiary/aromatic N) is 3. The van der Waals surface area contributed by atoms with Crippen LogP contribution in [0.1, 0.15) is 36.7 Å². The van der Waals surface area contributed by atoms with Crippen LogP contribution >= 0.6 is 0 Å². The lowest BCUT2D eigenvalue weighted by Crippen LogP contribution is -2.40. The number of rotatable bonds is 8. The summed E-state index contributed by atoms with van der Waals surface area (Å²) in [7, 11) is -1.95. The highest BCUT2D eigenvalue weighted by atomic mass is 32.2. The molecule has 0 bridgehead atoms. The van der Waals surface area contributed by atoms with Crippen LogP contribution in [0.5, 0.6) is 5.75 Å². The molecule has 1 aliphatic heterocycles. The first-order valence-corrected chi connectivity index (χ1v) is 11.7. The molecule has 7 nitrogen and oxygen atoms in total. The number of ether oxygens (including phenoxy) is 1. The second-order valence-corrected chi connectivity index (χ2v) is 9.50. The van der Waals surface area contributed by atoms with Gasteiger partial charge in [0.15, 0.2) is 0 Å². The number of benzene rings is 1. The third-order valence-electron chi connectivity index (χ3n) is 5.75. The second-order valence-electron chi connectivity index (χ2n) is 7.74. The molecule has 0 radical (unpaired) electrons. The third-order valence-corrected chi connectivity index (χ3v) is 7.19. The van der Waals surface area contributed by atoms with E-state index < -0.39 is 10.0 Å². The van der Waals surface area contributed by atoms with E-state index in [9.17, 15) is 8.42 Å². The van der Waals surface area contributed by atoms with Gasteiger partial charge in [-0.1, -0.05) is 0 Å². The van der Waals surface area contributed by atoms with Crippen LogP contribution < -0.4 is 9.46 Å². The number of nitrogens with one attached hydrogen (secondary N) is 1. The summed E-state index contributed by atoms with van der Waals surface area (Å²) in [6, 6.07) is 6.48. The number of methoxy groups -OCH3 is 1. The molecular weight excluding hydrogens is 388 g/mol. The molecule has 0 amide bonds. The van der Waals surface area contributed by atoms with Gasteiger partial charge < -0.3 is 4.74 Å². The molecule has 8 heteroatoms. The molecule has 2 heterocycles. The smallest absolute Gasteiger partial charge is 0.240 e. The standard InChI is InChI=1S/C21H32N4O3S/c1-5-25-17(3)21(16(2)23-25)15-24-12-6-7-18(14-24)13-22-29(26,27)20-10-8-19(28-4)9-11-20/h8-11,18,22H,5-7,12-15H2,1-4H3/t18-/m1/s1. The quantitative estimate of drug-likeness (QED) is 0.711. The molecule has 160 valence electrons. The zero-order valence-corrected chi connectivity index (χ0v) is 18.6. The monoisotopic (exact) mass is 420 g/mol. The summed E-state index contributed by atoms with van der Waals surface area (Å²) in [6.45, 7) is 10.4. The Bertz CT molecular complexity index is 922. The zero-order chi connectivity index (χ0) is 21.0. The maximum Gasteiger partial charge on any atom is 0.240 e. The van der Waals surface area contributed by atoms with Gasteiger partial charge in [-0.3, -0.25) is 9.58 Å². The van der Waals surface area contributed by atoms with Gasteiger partial charge >= 0.3 is 0 Å². The normalized spacial score (nSPS) is 18.1. The molecule has 0 spiro atoms. The molecule has 3 rings (SSSR count). The van der Waals surface area contributed by atoms with Crippen molar-refractivity contribution in [2.45, 2.75) is 51.6 Å². The van der Waals surface area contributed by atoms with Crippen LogP contribution in [-0.4, -0.2) is 49.8 Å². The topological polar surface area (TPSA) is 76.5 Å². The van der Waals surface area contributed by atoms with Gasteiger partial charge in [0.05, 0.1) is 17.7 Å². The summed E-state index contributed by atoms with van der Waals surface area (Å²) in [5.74, 6) is 0.947. The highest BCUT2D eigenvalue weighted by Gasteiger charge is 2.24. The molecule has 0 unspecified atom stereocenters. The van der Waals surface area contributed by atoms with Crippen LogP contribution in [0.3, 0.4) is 0 Å². The second kappa shape index (κ2) is 9.28. The van der Waals surface area contributed by atoms with Crippen molar-refractivity contribution >= 4 is 10.0 Å². The van der Waals surface area contributed by atoms with Gasteiger partial charge in [-0.15, -0.1) is 0 Å². The van der Waals surface area contributed by atoms with Gasteiger partial charge in [0.1, 0.15) is 5.75 Å². The number of piperidine rings is 1. The lowest BCUT2D eigenvalue weighted by Gasteiger charge is -2.32. The number of aromatic nitrogens is 2. The minimum atomic E-state index is -3.51. The van der Waals surface area contributed by atoms with Crippen molar-refractivity contribution in [1.82, 2.24) is 19.4 Å². The lowest BCUT2D eigenvalue weighted by atomic mass is 9.97. The van der Waals surface area contributed by atoms with Gasteiger partial charge in [-0.05, 0) is 70.3 Å². The Hall–Kier alpha value is -1.90. The van der Waals surface area contributed by atoms with Crippen molar-refractivity contribution in [2.24, 2.45) is 5.92 Å². The van der Waals surface area contributed by atoms with Crippen LogP contribution in [0.15, 0.2) is 29.2 Å². The van der Waals surface area contributed by atoms with E-state index in [1.54, 1.807) is 31.4 Å². The fourth-order valence-corrected chi connectivity index (χ4v) is 5.14. The Morgan fingerprint density at radius 2 is 1.97 bits per heavy atom. The predicted octanol–water partition coefficient (Wildman–Crippen LogP) is 2.72. The van der Waals surface area contributed by atoms with Gasteiger partial charge in [-0.2, -0.15) is 5.10 Å². The third kappa shape index (κ3) is 5.18. The van der Waals surface area contributed by atoms with Gasteiger partial charge in [-0.25, -0.2) is 13.1 Å². The van der Waals surface area contributed by atoms with E-state index in [1.807, 2.05) is 0 Å². The molecule has 1 saturated heterocycles. The van der Waals surface area contributed by atoms with Crippen LogP contribution in [0, 0.1) is 19.8 Å². The largest absolute Gasteiger partial charge is 0.497 e. The average Bonchev–Trinajstić information content (AvgIpc) is 3.00. The van der Waals surface area contributed by atoms with Crippen LogP contribution in [0.25, 0.3) is 0 Å². The Morgan fingerprint density at radius 1 is 1.24 bits per heavy atom. The van der Waals surface area contributed by atoms with Crippen LogP contribution in [0.2, 0.25) is 0 Å². The van der Waals surface area contributed by atoms with Crippen molar-refractivity contribution in [1.29, 1.82) is 0 Å². The van der Waals surface area contributed by atoms with Crippen molar-refractivity contribution < 1.29 is 13.2 Å². The van der Waals surface area contributed by atoms with E-state index in [0.29, 0.717) is 18.2 Å². The predicted molar refractivity (Wildman–Crippen MR) is 114 cm³/mol. The molecule has 1 aliphatic rings. The fraction of sp³-hybridized carbons (Fsp3) is 0.571. The van der Waals surface area contributed by atoms with E-state index in [1.165, 1.54) is 11.3 Å². The summed E-state index contributed by atoms with van der Waals surface area (Å²) < 4.78 is 35.1. The summed E-state index contributed by atoms with van der Waals surface area (Å²) in [5.41, 5.74) is 3.62. The molecule has 0 aliphatic carbocycles. The number of hydrogen-bond donors (Lipinski definition) is 1. The summed E-state index contributed by atoms with van der Waals surface area (Å²) in [4.78, 5) is 2.69.